The van der Waals surface area contributed by atoms with Gasteiger partial charge in [-0.1, -0.05) is 30.3 Å². The van der Waals surface area contributed by atoms with Crippen LogP contribution in [0.15, 0.2) is 42.9 Å². The number of nitrogens with zero attached hydrogens (tertiary/aromatic N) is 5. The molecule has 1 saturated heterocycles. The number of likely N-dealkylation sites (tertiary alicyclic amines) is 1. The fourth-order valence-electron chi connectivity index (χ4n) is 3.57. The lowest BCUT2D eigenvalue weighted by molar-refractivity contribution is 0.107. The summed E-state index contributed by atoms with van der Waals surface area (Å²) in [4.78, 5) is 2.40. The number of nitrogens with one attached hydrogen (secondary N) is 1. The first-order valence-corrected chi connectivity index (χ1v) is 8.44. The van der Waals surface area contributed by atoms with Gasteiger partial charge in [0.15, 0.2) is 0 Å². The van der Waals surface area contributed by atoms with Crippen LogP contribution in [0.3, 0.4) is 0 Å². The molecule has 130 valence electrons. The first-order chi connectivity index (χ1) is 12.3. The number of rotatable bonds is 5. The first-order valence-electron chi connectivity index (χ1n) is 8.44. The number of aromatic nitrogens is 5. The minimum Gasteiger partial charge on any atom is -0.380 e. The molecule has 1 aliphatic heterocycles. The highest BCUT2D eigenvalue weighted by Gasteiger charge is 2.36. The fourth-order valence-corrected chi connectivity index (χ4v) is 3.57. The molecular weight excluding hydrogens is 316 g/mol. The molecule has 4 rings (SSSR count). The molecule has 0 radical (unpaired) electrons. The van der Waals surface area contributed by atoms with E-state index in [1.807, 2.05) is 36.0 Å². The van der Waals surface area contributed by atoms with Crippen LogP contribution in [0.2, 0.25) is 0 Å². The zero-order chi connectivity index (χ0) is 17.2. The number of hydrogen-bond acceptors (Lipinski definition) is 5. The number of benzene rings is 1. The quantitative estimate of drug-likeness (QED) is 0.772. The second-order valence-electron chi connectivity index (χ2n) is 6.47. The molecule has 1 fully saturated rings. The van der Waals surface area contributed by atoms with Crippen LogP contribution in [0.1, 0.15) is 23.9 Å². The highest BCUT2D eigenvalue weighted by molar-refractivity contribution is 5.62. The summed E-state index contributed by atoms with van der Waals surface area (Å²) in [6.45, 7) is 1.66. The summed E-state index contributed by atoms with van der Waals surface area (Å²) >= 11 is 0. The van der Waals surface area contributed by atoms with E-state index in [2.05, 4.69) is 37.4 Å². The molecule has 1 aliphatic rings. The molecule has 2 aromatic heterocycles. The van der Waals surface area contributed by atoms with Crippen molar-refractivity contribution in [2.45, 2.75) is 25.1 Å². The number of H-pyrrole nitrogens is 1. The molecule has 0 aliphatic carbocycles. The maximum absolute atomic E-state index is 5.62. The molecule has 1 N–H and O–H groups in total. The molecular formula is C18H22N6O. The van der Waals surface area contributed by atoms with E-state index in [1.54, 1.807) is 13.4 Å². The van der Waals surface area contributed by atoms with Crippen LogP contribution in [-0.4, -0.2) is 49.6 Å². The maximum Gasteiger partial charge on any atom is 0.150 e. The average molecular weight is 338 g/mol. The molecule has 25 heavy (non-hydrogen) atoms. The molecule has 0 bridgehead atoms. The number of methoxy groups -OCH3 is 1. The molecule has 7 heteroatoms. The minimum atomic E-state index is 0.191. The molecule has 1 aromatic carbocycles. The molecule has 3 heterocycles. The van der Waals surface area contributed by atoms with Gasteiger partial charge in [0, 0.05) is 32.8 Å². The van der Waals surface area contributed by atoms with Crippen LogP contribution in [-0.2, 0) is 18.3 Å². The Morgan fingerprint density at radius 2 is 2.12 bits per heavy atom. The van der Waals surface area contributed by atoms with E-state index >= 15 is 0 Å². The third-order valence-electron chi connectivity index (χ3n) is 4.90. The van der Waals surface area contributed by atoms with Crippen molar-refractivity contribution in [1.29, 1.82) is 0 Å². The average Bonchev–Trinajstić information content (AvgIpc) is 3.36. The predicted octanol–water partition coefficient (Wildman–Crippen LogP) is 2.17. The summed E-state index contributed by atoms with van der Waals surface area (Å²) in [6.07, 6.45) is 4.78. The van der Waals surface area contributed by atoms with E-state index in [0.29, 0.717) is 0 Å². The van der Waals surface area contributed by atoms with E-state index in [0.717, 1.165) is 36.6 Å². The lowest BCUT2D eigenvalue weighted by Crippen LogP contribution is -2.26. The summed E-state index contributed by atoms with van der Waals surface area (Å²) in [5.74, 6) is 0.976. The second kappa shape index (κ2) is 6.78. The Morgan fingerprint density at radius 3 is 2.84 bits per heavy atom. The van der Waals surface area contributed by atoms with Gasteiger partial charge in [0.2, 0.25) is 0 Å². The number of ether oxygens (including phenoxy) is 1. The summed E-state index contributed by atoms with van der Waals surface area (Å²) in [5.41, 5.74) is 3.39. The van der Waals surface area contributed by atoms with Crippen molar-refractivity contribution in [2.24, 2.45) is 7.05 Å². The van der Waals surface area contributed by atoms with E-state index in [1.165, 1.54) is 5.56 Å². The van der Waals surface area contributed by atoms with Crippen molar-refractivity contribution in [3.8, 4) is 11.3 Å². The van der Waals surface area contributed by atoms with Crippen LogP contribution in [0, 0.1) is 0 Å². The number of aromatic amines is 1. The van der Waals surface area contributed by atoms with Crippen molar-refractivity contribution in [3.63, 3.8) is 0 Å². The largest absolute Gasteiger partial charge is 0.380 e. The standard InChI is InChI=1S/C18H22N6O/c1-23-12-20-22-18(23)16-8-15(25-2)11-24(16)10-14-9-19-21-17(14)13-6-4-3-5-7-13/h3-7,9,12,15-16H,8,10-11H2,1-2H3,(H,19,21)/t15-,16+/m1/s1. The molecule has 0 amide bonds. The Balaban J connectivity index is 1.61. The normalized spacial score (nSPS) is 21.0. The lowest BCUT2D eigenvalue weighted by Gasteiger charge is -2.23. The van der Waals surface area contributed by atoms with Gasteiger partial charge in [-0.15, -0.1) is 10.2 Å². The van der Waals surface area contributed by atoms with Crippen molar-refractivity contribution in [3.05, 3.63) is 54.2 Å². The molecule has 0 spiro atoms. The highest BCUT2D eigenvalue weighted by Crippen LogP contribution is 2.34. The lowest BCUT2D eigenvalue weighted by atomic mass is 10.1. The third kappa shape index (κ3) is 3.08. The van der Waals surface area contributed by atoms with Gasteiger partial charge in [0.1, 0.15) is 12.2 Å². The Kier molecular flexibility index (Phi) is 4.33. The summed E-state index contributed by atoms with van der Waals surface area (Å²) in [7, 11) is 3.76. The van der Waals surface area contributed by atoms with Crippen molar-refractivity contribution < 1.29 is 4.74 Å². The van der Waals surface area contributed by atoms with Gasteiger partial charge in [-0.3, -0.25) is 10.00 Å². The van der Waals surface area contributed by atoms with Crippen molar-refractivity contribution in [1.82, 2.24) is 29.9 Å². The minimum absolute atomic E-state index is 0.191. The summed E-state index contributed by atoms with van der Waals surface area (Å²) in [6, 6.07) is 10.5. The highest BCUT2D eigenvalue weighted by atomic mass is 16.5. The number of aryl methyl sites for hydroxylation is 1. The van der Waals surface area contributed by atoms with E-state index in [-0.39, 0.29) is 12.1 Å². The van der Waals surface area contributed by atoms with Gasteiger partial charge >= 0.3 is 0 Å². The monoisotopic (exact) mass is 338 g/mol. The Hall–Kier alpha value is -2.51. The summed E-state index contributed by atoms with van der Waals surface area (Å²) < 4.78 is 7.61. The Labute approximate surface area is 146 Å². The zero-order valence-corrected chi connectivity index (χ0v) is 14.5. The third-order valence-corrected chi connectivity index (χ3v) is 4.90. The molecule has 0 saturated carbocycles. The smallest absolute Gasteiger partial charge is 0.150 e. The van der Waals surface area contributed by atoms with E-state index in [9.17, 15) is 0 Å². The van der Waals surface area contributed by atoms with Gasteiger partial charge in [-0.2, -0.15) is 5.10 Å². The topological polar surface area (TPSA) is 71.9 Å². The predicted molar refractivity (Wildman–Crippen MR) is 93.6 cm³/mol. The van der Waals surface area contributed by atoms with E-state index in [4.69, 9.17) is 4.74 Å². The van der Waals surface area contributed by atoms with Gasteiger partial charge in [-0.05, 0) is 12.0 Å². The van der Waals surface area contributed by atoms with Gasteiger partial charge in [-0.25, -0.2) is 0 Å². The Bertz CT molecular complexity index is 827. The molecule has 0 unspecified atom stereocenters. The second-order valence-corrected chi connectivity index (χ2v) is 6.47. The van der Waals surface area contributed by atoms with Gasteiger partial charge < -0.3 is 9.30 Å². The van der Waals surface area contributed by atoms with Crippen LogP contribution in [0.25, 0.3) is 11.3 Å². The van der Waals surface area contributed by atoms with Crippen LogP contribution < -0.4 is 0 Å². The Morgan fingerprint density at radius 1 is 1.28 bits per heavy atom. The molecule has 3 aromatic rings. The van der Waals surface area contributed by atoms with Crippen molar-refractivity contribution in [2.75, 3.05) is 13.7 Å². The summed E-state index contributed by atoms with van der Waals surface area (Å²) in [5, 5.41) is 15.8. The fraction of sp³-hybridized carbons (Fsp3) is 0.389. The van der Waals surface area contributed by atoms with Crippen molar-refractivity contribution >= 4 is 0 Å². The SMILES string of the molecule is CO[C@@H]1C[C@@H](c2nncn2C)N(Cc2cn[nH]c2-c2ccccc2)C1. The maximum atomic E-state index is 5.62. The van der Waals surface area contributed by atoms with Crippen LogP contribution >= 0.6 is 0 Å². The van der Waals surface area contributed by atoms with Crippen LogP contribution in [0.5, 0.6) is 0 Å². The molecule has 7 nitrogen and oxygen atoms in total. The van der Waals surface area contributed by atoms with E-state index < -0.39 is 0 Å². The van der Waals surface area contributed by atoms with Crippen LogP contribution in [0.4, 0.5) is 0 Å². The number of hydrogen-bond donors (Lipinski definition) is 1. The first kappa shape index (κ1) is 16.0. The van der Waals surface area contributed by atoms with Gasteiger partial charge in [0.05, 0.1) is 24.0 Å². The molecule has 2 atom stereocenters. The zero-order valence-electron chi connectivity index (χ0n) is 14.5. The van der Waals surface area contributed by atoms with Gasteiger partial charge in [0.25, 0.3) is 0 Å².